The van der Waals surface area contributed by atoms with Gasteiger partial charge in [0.25, 0.3) is 0 Å². The highest BCUT2D eigenvalue weighted by Crippen LogP contribution is 1.61. The topological polar surface area (TPSA) is 0 Å². The fraction of sp³-hybridized carbons (Fsp3) is 0.286. The standard InChI is InChI=1S/C7H7/c1-3-5-7-6-4-2/h3H,1-2H3. The van der Waals surface area contributed by atoms with E-state index in [-0.39, 0.29) is 0 Å². The third-order valence-electron chi connectivity index (χ3n) is 0.404. The maximum Gasteiger partial charge on any atom is 0.0320 e. The van der Waals surface area contributed by atoms with Crippen LogP contribution in [0, 0.1) is 30.1 Å². The van der Waals surface area contributed by atoms with E-state index in [4.69, 9.17) is 0 Å². The molecular weight excluding hydrogens is 84.1 g/mol. The molecule has 0 saturated heterocycles. The number of rotatable bonds is 0. The molecule has 0 amide bonds. The summed E-state index contributed by atoms with van der Waals surface area (Å²) in [5, 5.41) is 0. The Morgan fingerprint density at radius 2 is 2.00 bits per heavy atom. The van der Waals surface area contributed by atoms with Crippen LogP contribution in [-0.4, -0.2) is 0 Å². The summed E-state index contributed by atoms with van der Waals surface area (Å²) in [7, 11) is 0. The van der Waals surface area contributed by atoms with Gasteiger partial charge in [0, 0.05) is 6.42 Å². The van der Waals surface area contributed by atoms with Crippen LogP contribution < -0.4 is 0 Å². The van der Waals surface area contributed by atoms with Gasteiger partial charge in [0.15, 0.2) is 0 Å². The molecule has 0 aromatic heterocycles. The van der Waals surface area contributed by atoms with Gasteiger partial charge in [0.05, 0.1) is 0 Å². The van der Waals surface area contributed by atoms with Crippen LogP contribution in [0.15, 0.2) is 0 Å². The van der Waals surface area contributed by atoms with Gasteiger partial charge in [-0.2, -0.15) is 0 Å². The van der Waals surface area contributed by atoms with Gasteiger partial charge < -0.3 is 0 Å². The van der Waals surface area contributed by atoms with Crippen LogP contribution in [0.2, 0.25) is 0 Å². The molecule has 0 spiro atoms. The van der Waals surface area contributed by atoms with Gasteiger partial charge >= 0.3 is 0 Å². The summed E-state index contributed by atoms with van der Waals surface area (Å²) >= 11 is 0. The van der Waals surface area contributed by atoms with Gasteiger partial charge in [-0.3, -0.25) is 0 Å². The van der Waals surface area contributed by atoms with Crippen molar-refractivity contribution in [3.63, 3.8) is 0 Å². The summed E-state index contributed by atoms with van der Waals surface area (Å²) in [6, 6.07) is 0. The zero-order chi connectivity index (χ0) is 5.54. The van der Waals surface area contributed by atoms with Crippen molar-refractivity contribution in [2.75, 3.05) is 0 Å². The largest absolute Gasteiger partial charge is 0.0925 e. The quantitative estimate of drug-likeness (QED) is 0.393. The van der Waals surface area contributed by atoms with Crippen molar-refractivity contribution in [2.45, 2.75) is 13.8 Å². The van der Waals surface area contributed by atoms with E-state index >= 15 is 0 Å². The maximum atomic E-state index is 2.70. The average Bonchev–Trinajstić information content (AvgIpc) is 1.69. The first kappa shape index (κ1) is 6.12. The minimum absolute atomic E-state index is 1.77. The van der Waals surface area contributed by atoms with E-state index in [1.807, 2.05) is 6.92 Å². The van der Waals surface area contributed by atoms with Gasteiger partial charge in [0.1, 0.15) is 0 Å². The number of hydrogen-bond donors (Lipinski definition) is 0. The molecule has 0 bridgehead atoms. The normalized spacial score (nSPS) is 4.86. The van der Waals surface area contributed by atoms with E-state index in [0.29, 0.717) is 0 Å². The molecular formula is C7H7. The van der Waals surface area contributed by atoms with E-state index in [2.05, 4.69) is 23.7 Å². The van der Waals surface area contributed by atoms with Crippen LogP contribution in [0.5, 0.6) is 0 Å². The van der Waals surface area contributed by atoms with Crippen molar-refractivity contribution in [1.29, 1.82) is 0 Å². The Hall–Kier alpha value is -0.880. The monoisotopic (exact) mass is 91.1 g/mol. The Bertz CT molecular complexity index is 133. The summed E-state index contributed by atoms with van der Waals surface area (Å²) in [4.78, 5) is 0. The second-order valence-corrected chi connectivity index (χ2v) is 0.933. The van der Waals surface area contributed by atoms with E-state index in [9.17, 15) is 0 Å². The van der Waals surface area contributed by atoms with Gasteiger partial charge in [-0.25, -0.2) is 0 Å². The predicted octanol–water partition coefficient (Wildman–Crippen LogP) is 1.24. The molecule has 35 valence electrons. The lowest BCUT2D eigenvalue weighted by molar-refractivity contribution is 1.62. The summed E-state index contributed by atoms with van der Waals surface area (Å²) in [6.07, 6.45) is 1.77. The molecule has 0 aliphatic rings. The SMILES string of the molecule is CC#CC#C[CH]C. The van der Waals surface area contributed by atoms with E-state index < -0.39 is 0 Å². The van der Waals surface area contributed by atoms with Gasteiger partial charge in [-0.05, 0) is 18.8 Å². The molecule has 0 saturated carbocycles. The third kappa shape index (κ3) is 5.12. The van der Waals surface area contributed by atoms with Crippen LogP contribution >= 0.6 is 0 Å². The van der Waals surface area contributed by atoms with Gasteiger partial charge in [-0.15, -0.1) is 0 Å². The van der Waals surface area contributed by atoms with Crippen LogP contribution in [0.1, 0.15) is 13.8 Å². The van der Waals surface area contributed by atoms with Crippen molar-refractivity contribution in [3.8, 4) is 23.7 Å². The Labute approximate surface area is 44.9 Å². The van der Waals surface area contributed by atoms with Crippen LogP contribution in [-0.2, 0) is 0 Å². The summed E-state index contributed by atoms with van der Waals surface area (Å²) < 4.78 is 0. The first-order valence-corrected chi connectivity index (χ1v) is 2.12. The molecule has 0 nitrogen and oxygen atoms in total. The molecule has 0 atom stereocenters. The Morgan fingerprint density at radius 1 is 1.29 bits per heavy atom. The second-order valence-electron chi connectivity index (χ2n) is 0.933. The molecule has 0 aliphatic heterocycles. The minimum Gasteiger partial charge on any atom is -0.0925 e. The molecule has 0 aliphatic carbocycles. The smallest absolute Gasteiger partial charge is 0.0320 e. The maximum absolute atomic E-state index is 2.70. The lowest BCUT2D eigenvalue weighted by Gasteiger charge is -1.58. The van der Waals surface area contributed by atoms with E-state index in [1.165, 1.54) is 0 Å². The van der Waals surface area contributed by atoms with Crippen molar-refractivity contribution < 1.29 is 0 Å². The zero-order valence-corrected chi connectivity index (χ0v) is 4.58. The van der Waals surface area contributed by atoms with Gasteiger partial charge in [0.2, 0.25) is 0 Å². The van der Waals surface area contributed by atoms with Crippen LogP contribution in [0.25, 0.3) is 0 Å². The molecule has 0 N–H and O–H groups in total. The third-order valence-corrected chi connectivity index (χ3v) is 0.404. The molecule has 0 rings (SSSR count). The lowest BCUT2D eigenvalue weighted by Crippen LogP contribution is -1.52. The zero-order valence-electron chi connectivity index (χ0n) is 4.58. The Kier molecular flexibility index (Phi) is 4.48. The predicted molar refractivity (Wildman–Crippen MR) is 31.2 cm³/mol. The van der Waals surface area contributed by atoms with Crippen LogP contribution in [0.3, 0.4) is 0 Å². The molecule has 0 aromatic rings. The fourth-order valence-electron chi connectivity index (χ4n) is 0.171. The fourth-order valence-corrected chi connectivity index (χ4v) is 0.171. The number of hydrogen-bond acceptors (Lipinski definition) is 0. The van der Waals surface area contributed by atoms with Gasteiger partial charge in [-0.1, -0.05) is 18.8 Å². The van der Waals surface area contributed by atoms with E-state index in [1.54, 1.807) is 13.3 Å². The molecule has 0 aromatic carbocycles. The second kappa shape index (κ2) is 5.12. The lowest BCUT2D eigenvalue weighted by atomic mass is 10.5. The molecule has 0 unspecified atom stereocenters. The van der Waals surface area contributed by atoms with Crippen molar-refractivity contribution in [1.82, 2.24) is 0 Å². The Balaban J connectivity index is 3.39. The summed E-state index contributed by atoms with van der Waals surface area (Å²) in [6.45, 7) is 3.65. The Morgan fingerprint density at radius 3 is 2.43 bits per heavy atom. The minimum atomic E-state index is 1.77. The first-order chi connectivity index (χ1) is 3.41. The molecule has 7 heavy (non-hydrogen) atoms. The molecule has 0 heterocycles. The molecule has 0 fully saturated rings. The van der Waals surface area contributed by atoms with E-state index in [0.717, 1.165) is 0 Å². The summed E-state index contributed by atoms with van der Waals surface area (Å²) in [5.41, 5.74) is 0. The van der Waals surface area contributed by atoms with Crippen molar-refractivity contribution >= 4 is 0 Å². The highest BCUT2D eigenvalue weighted by molar-refractivity contribution is 5.27. The molecule has 1 radical (unpaired) electrons. The van der Waals surface area contributed by atoms with Crippen molar-refractivity contribution in [2.24, 2.45) is 0 Å². The summed E-state index contributed by atoms with van der Waals surface area (Å²) in [5.74, 6) is 10.6. The highest BCUT2D eigenvalue weighted by Gasteiger charge is 1.54. The highest BCUT2D eigenvalue weighted by atomic mass is 13.6. The first-order valence-electron chi connectivity index (χ1n) is 2.12. The molecule has 0 heteroatoms. The van der Waals surface area contributed by atoms with Crippen LogP contribution in [0.4, 0.5) is 0 Å². The van der Waals surface area contributed by atoms with Crippen molar-refractivity contribution in [3.05, 3.63) is 6.42 Å². The average molecular weight is 91.1 g/mol.